The number of hydrogen-bond donors (Lipinski definition) is 0. The van der Waals surface area contributed by atoms with E-state index in [9.17, 15) is 4.79 Å². The molecular formula is C19H29N3O2. The quantitative estimate of drug-likeness (QED) is 0.769. The van der Waals surface area contributed by atoms with Crippen molar-refractivity contribution in [2.24, 2.45) is 11.8 Å². The van der Waals surface area contributed by atoms with Crippen LogP contribution < -0.4 is 0 Å². The van der Waals surface area contributed by atoms with Crippen molar-refractivity contribution < 1.29 is 9.53 Å². The minimum atomic E-state index is -0.341. The summed E-state index contributed by atoms with van der Waals surface area (Å²) in [7, 11) is 4.05. The van der Waals surface area contributed by atoms with Gasteiger partial charge in [0.2, 0.25) is 0 Å². The van der Waals surface area contributed by atoms with E-state index in [4.69, 9.17) is 4.74 Å². The van der Waals surface area contributed by atoms with E-state index in [1.165, 1.54) is 18.4 Å². The highest BCUT2D eigenvalue weighted by molar-refractivity contribution is 5.80. The molecule has 1 aromatic heterocycles. The fraction of sp³-hybridized carbons (Fsp3) is 0.684. The average Bonchev–Trinajstić information content (AvgIpc) is 3.35. The Bertz CT molecular complexity index is 547. The molecule has 0 radical (unpaired) electrons. The number of pyridine rings is 1. The molecule has 1 aliphatic heterocycles. The largest absolute Gasteiger partial charge is 0.368 e. The fourth-order valence-corrected chi connectivity index (χ4v) is 3.68. The van der Waals surface area contributed by atoms with Gasteiger partial charge in [-0.15, -0.1) is 0 Å². The molecule has 132 valence electrons. The van der Waals surface area contributed by atoms with Crippen molar-refractivity contribution in [1.29, 1.82) is 0 Å². The Kier molecular flexibility index (Phi) is 5.51. The average molecular weight is 331 g/mol. The molecule has 3 rings (SSSR count). The first-order valence-corrected chi connectivity index (χ1v) is 9.03. The van der Waals surface area contributed by atoms with Crippen molar-refractivity contribution in [2.45, 2.75) is 38.3 Å². The van der Waals surface area contributed by atoms with Gasteiger partial charge in [0.15, 0.2) is 0 Å². The van der Waals surface area contributed by atoms with E-state index in [1.807, 2.05) is 37.3 Å². The molecule has 1 saturated heterocycles. The van der Waals surface area contributed by atoms with E-state index < -0.39 is 0 Å². The van der Waals surface area contributed by atoms with Crippen molar-refractivity contribution in [3.05, 3.63) is 30.1 Å². The van der Waals surface area contributed by atoms with Gasteiger partial charge in [0.25, 0.3) is 5.91 Å². The normalized spacial score (nSPS) is 25.6. The van der Waals surface area contributed by atoms with Crippen molar-refractivity contribution in [3.63, 3.8) is 0 Å². The highest BCUT2D eigenvalue weighted by Gasteiger charge is 2.35. The lowest BCUT2D eigenvalue weighted by atomic mass is 9.94. The molecule has 0 N–H and O–H groups in total. The van der Waals surface area contributed by atoms with E-state index in [1.54, 1.807) is 0 Å². The zero-order chi connectivity index (χ0) is 17.1. The molecule has 1 amide bonds. The molecule has 5 heteroatoms. The monoisotopic (exact) mass is 331 g/mol. The van der Waals surface area contributed by atoms with Crippen LogP contribution in [0.4, 0.5) is 0 Å². The molecule has 1 aliphatic carbocycles. The maximum atomic E-state index is 12.6. The maximum Gasteiger partial charge on any atom is 0.251 e. The van der Waals surface area contributed by atoms with Crippen LogP contribution in [0.1, 0.15) is 37.8 Å². The third-order valence-electron chi connectivity index (χ3n) is 5.31. The van der Waals surface area contributed by atoms with Crippen LogP contribution in [0.2, 0.25) is 0 Å². The third kappa shape index (κ3) is 4.14. The summed E-state index contributed by atoms with van der Waals surface area (Å²) in [5, 5.41) is 0. The highest BCUT2D eigenvalue weighted by Crippen LogP contribution is 2.36. The predicted molar refractivity (Wildman–Crippen MR) is 93.5 cm³/mol. The van der Waals surface area contributed by atoms with E-state index in [0.29, 0.717) is 17.9 Å². The lowest BCUT2D eigenvalue weighted by Crippen LogP contribution is -2.40. The number of hydrogen-bond acceptors (Lipinski definition) is 4. The van der Waals surface area contributed by atoms with Crippen molar-refractivity contribution in [3.8, 4) is 0 Å². The molecule has 2 heterocycles. The Morgan fingerprint density at radius 3 is 2.92 bits per heavy atom. The number of rotatable bonds is 7. The van der Waals surface area contributed by atoms with Gasteiger partial charge in [-0.05, 0) is 63.2 Å². The first-order valence-electron chi connectivity index (χ1n) is 9.03. The van der Waals surface area contributed by atoms with Crippen molar-refractivity contribution in [1.82, 2.24) is 14.8 Å². The van der Waals surface area contributed by atoms with Gasteiger partial charge in [0.05, 0.1) is 6.61 Å². The van der Waals surface area contributed by atoms with Crippen molar-refractivity contribution in [2.75, 3.05) is 33.8 Å². The molecule has 3 atom stereocenters. The minimum absolute atomic E-state index is 0.0927. The second kappa shape index (κ2) is 7.62. The fourth-order valence-electron chi connectivity index (χ4n) is 3.68. The number of ether oxygens (including phenoxy) is 1. The first-order chi connectivity index (χ1) is 11.6. The highest BCUT2D eigenvalue weighted by atomic mass is 16.5. The molecule has 2 aliphatic rings. The molecule has 0 unspecified atom stereocenters. The van der Waals surface area contributed by atoms with Gasteiger partial charge in [-0.25, -0.2) is 0 Å². The summed E-state index contributed by atoms with van der Waals surface area (Å²) in [6.45, 7) is 4.42. The lowest BCUT2D eigenvalue weighted by Gasteiger charge is -2.29. The van der Waals surface area contributed by atoms with Gasteiger partial charge in [0, 0.05) is 32.0 Å². The molecule has 0 bridgehead atoms. The molecule has 1 aromatic rings. The number of likely N-dealkylation sites (N-methyl/N-ethyl adjacent to an activating group) is 1. The Morgan fingerprint density at radius 1 is 1.46 bits per heavy atom. The predicted octanol–water partition coefficient (Wildman–Crippen LogP) is 2.35. The van der Waals surface area contributed by atoms with Crippen LogP contribution in [-0.4, -0.2) is 60.6 Å². The van der Waals surface area contributed by atoms with Crippen LogP contribution in [0.15, 0.2) is 24.5 Å². The van der Waals surface area contributed by atoms with Gasteiger partial charge in [-0.2, -0.15) is 0 Å². The lowest BCUT2D eigenvalue weighted by molar-refractivity contribution is -0.142. The summed E-state index contributed by atoms with van der Waals surface area (Å²) in [6, 6.07) is 4.45. The van der Waals surface area contributed by atoms with Gasteiger partial charge >= 0.3 is 0 Å². The number of nitrogens with zero attached hydrogens (tertiary/aromatic N) is 3. The number of carbonyl (C=O) groups is 1. The van der Waals surface area contributed by atoms with Crippen LogP contribution in [0, 0.1) is 11.8 Å². The SMILES string of the molecule is C[C@H](OCC1CC1)C(=O)N(C)C[C@@H]1CCN(C)[C@H]1c1cccnc1. The number of carbonyl (C=O) groups excluding carboxylic acids is 1. The van der Waals surface area contributed by atoms with Gasteiger partial charge < -0.3 is 9.64 Å². The van der Waals surface area contributed by atoms with Crippen molar-refractivity contribution >= 4 is 5.91 Å². The third-order valence-corrected chi connectivity index (χ3v) is 5.31. The standard InChI is InChI=1S/C19H29N3O2/c1-14(24-13-15-6-7-15)19(23)22(3)12-17-8-10-21(2)18(17)16-5-4-9-20-11-16/h4-5,9,11,14-15,17-18H,6-8,10,12-13H2,1-3H3/t14-,17-,18-/m0/s1. The summed E-state index contributed by atoms with van der Waals surface area (Å²) < 4.78 is 5.73. The van der Waals surface area contributed by atoms with Crippen LogP contribution in [0.5, 0.6) is 0 Å². The van der Waals surface area contributed by atoms with Gasteiger partial charge in [-0.1, -0.05) is 6.07 Å². The van der Waals surface area contributed by atoms with Gasteiger partial charge in [0.1, 0.15) is 6.10 Å². The Morgan fingerprint density at radius 2 is 2.25 bits per heavy atom. The Hall–Kier alpha value is -1.46. The molecule has 0 aromatic carbocycles. The first kappa shape index (κ1) is 17.4. The summed E-state index contributed by atoms with van der Waals surface area (Å²) in [5.41, 5.74) is 1.24. The smallest absolute Gasteiger partial charge is 0.251 e. The van der Waals surface area contributed by atoms with Crippen LogP contribution >= 0.6 is 0 Å². The number of amides is 1. The van der Waals surface area contributed by atoms with E-state index >= 15 is 0 Å². The number of likely N-dealkylation sites (tertiary alicyclic amines) is 1. The Labute approximate surface area is 145 Å². The van der Waals surface area contributed by atoms with E-state index in [0.717, 1.165) is 26.1 Å². The molecule has 24 heavy (non-hydrogen) atoms. The Balaban J connectivity index is 1.57. The molecular weight excluding hydrogens is 302 g/mol. The second-order valence-electron chi connectivity index (χ2n) is 7.40. The van der Waals surface area contributed by atoms with E-state index in [2.05, 4.69) is 23.0 Å². The topological polar surface area (TPSA) is 45.7 Å². The zero-order valence-corrected chi connectivity index (χ0v) is 15.0. The molecule has 0 spiro atoms. The van der Waals surface area contributed by atoms with E-state index in [-0.39, 0.29) is 12.0 Å². The molecule has 2 fully saturated rings. The minimum Gasteiger partial charge on any atom is -0.368 e. The molecule has 1 saturated carbocycles. The van der Waals surface area contributed by atoms with Crippen LogP contribution in [0.25, 0.3) is 0 Å². The van der Waals surface area contributed by atoms with Gasteiger partial charge in [-0.3, -0.25) is 14.7 Å². The summed E-state index contributed by atoms with van der Waals surface area (Å²) in [5.74, 6) is 1.21. The van der Waals surface area contributed by atoms with Crippen LogP contribution in [-0.2, 0) is 9.53 Å². The number of aromatic nitrogens is 1. The summed E-state index contributed by atoms with van der Waals surface area (Å²) in [4.78, 5) is 21.0. The zero-order valence-electron chi connectivity index (χ0n) is 15.0. The second-order valence-corrected chi connectivity index (χ2v) is 7.40. The van der Waals surface area contributed by atoms with Crippen LogP contribution in [0.3, 0.4) is 0 Å². The summed E-state index contributed by atoms with van der Waals surface area (Å²) >= 11 is 0. The molecule has 5 nitrogen and oxygen atoms in total. The maximum absolute atomic E-state index is 12.6. The summed E-state index contributed by atoms with van der Waals surface area (Å²) in [6.07, 6.45) is 7.01.